The molecule has 0 unspecified atom stereocenters. The number of amides is 2. The van der Waals surface area contributed by atoms with Crippen molar-refractivity contribution in [3.63, 3.8) is 0 Å². The Bertz CT molecular complexity index is 1430. The minimum atomic E-state index is -0.416. The number of nitro groups is 1. The summed E-state index contributed by atoms with van der Waals surface area (Å²) in [6, 6.07) is 23.6. The highest BCUT2D eigenvalue weighted by molar-refractivity contribution is 8.14. The molecule has 2 aliphatic rings. The predicted octanol–water partition coefficient (Wildman–Crippen LogP) is 4.73. The smallest absolute Gasteiger partial charge is 0.283 e. The summed E-state index contributed by atoms with van der Waals surface area (Å²) in [7, 11) is 0. The van der Waals surface area contributed by atoms with Gasteiger partial charge in [0.05, 0.1) is 16.4 Å². The molecule has 9 nitrogen and oxygen atoms in total. The molecule has 0 saturated carbocycles. The number of nitro benzene ring substituents is 1. The molecule has 3 aromatic carbocycles. The lowest BCUT2D eigenvalue weighted by Crippen LogP contribution is -2.49. The topological polar surface area (TPSA) is 99.4 Å². The summed E-state index contributed by atoms with van der Waals surface area (Å²) in [5.74, 6) is -0.0963. The Kier molecular flexibility index (Phi) is 7.74. The van der Waals surface area contributed by atoms with Gasteiger partial charge in [-0.15, -0.1) is 0 Å². The van der Waals surface area contributed by atoms with Crippen LogP contribution >= 0.6 is 11.8 Å². The number of nitrogens with zero attached hydrogens (tertiary/aromatic N) is 5. The minimum absolute atomic E-state index is 0.0255. The molecule has 2 amide bonds. The second-order valence-electron chi connectivity index (χ2n) is 9.24. The van der Waals surface area contributed by atoms with Gasteiger partial charge < -0.3 is 9.80 Å². The Morgan fingerprint density at radius 1 is 0.949 bits per heavy atom. The number of aryl methyl sites for hydroxylation is 1. The van der Waals surface area contributed by atoms with E-state index in [-0.39, 0.29) is 23.3 Å². The number of piperazine rings is 1. The van der Waals surface area contributed by atoms with Crippen LogP contribution in [0.15, 0.2) is 89.6 Å². The van der Waals surface area contributed by atoms with E-state index in [0.29, 0.717) is 42.7 Å². The largest absolute Gasteiger partial charge is 0.368 e. The van der Waals surface area contributed by atoms with Crippen LogP contribution in [0.4, 0.5) is 17.1 Å². The van der Waals surface area contributed by atoms with Gasteiger partial charge in [-0.25, -0.2) is 4.99 Å². The third kappa shape index (κ3) is 6.01. The SMILES string of the molecule is Cc1ccc(/C=C2\N=C(SCC(=O)N3CCN(c4ccc([N+](=O)[O-])cc4)CC3)N(c3ccccc3)C2=O)cc1. The molecule has 0 aliphatic carbocycles. The Hall–Kier alpha value is -4.44. The summed E-state index contributed by atoms with van der Waals surface area (Å²) in [5.41, 5.74) is 3.99. The maximum Gasteiger partial charge on any atom is 0.283 e. The molecular weight excluding hydrogens is 514 g/mol. The lowest BCUT2D eigenvalue weighted by Gasteiger charge is -2.36. The summed E-state index contributed by atoms with van der Waals surface area (Å²) >= 11 is 1.26. The van der Waals surface area contributed by atoms with Crippen LogP contribution in [0.1, 0.15) is 11.1 Å². The van der Waals surface area contributed by atoms with Crippen LogP contribution in [0.3, 0.4) is 0 Å². The number of anilines is 2. The number of thioether (sulfide) groups is 1. The number of rotatable bonds is 6. The lowest BCUT2D eigenvalue weighted by atomic mass is 10.1. The second-order valence-corrected chi connectivity index (χ2v) is 10.2. The molecule has 10 heteroatoms. The highest BCUT2D eigenvalue weighted by Gasteiger charge is 2.33. The molecule has 39 heavy (non-hydrogen) atoms. The number of para-hydroxylation sites is 1. The van der Waals surface area contributed by atoms with Crippen molar-refractivity contribution in [1.82, 2.24) is 4.90 Å². The van der Waals surface area contributed by atoms with Crippen LogP contribution in [-0.4, -0.2) is 58.7 Å². The van der Waals surface area contributed by atoms with Crippen molar-refractivity contribution in [2.45, 2.75) is 6.92 Å². The maximum atomic E-state index is 13.4. The van der Waals surface area contributed by atoms with Crippen molar-refractivity contribution < 1.29 is 14.5 Å². The van der Waals surface area contributed by atoms with Crippen LogP contribution in [0.5, 0.6) is 0 Å². The number of hydrogen-bond donors (Lipinski definition) is 0. The van der Waals surface area contributed by atoms with Crippen LogP contribution < -0.4 is 9.80 Å². The van der Waals surface area contributed by atoms with Crippen LogP contribution in [0.25, 0.3) is 6.08 Å². The number of non-ortho nitro benzene ring substituents is 1. The van der Waals surface area contributed by atoms with Gasteiger partial charge in [0.25, 0.3) is 11.6 Å². The van der Waals surface area contributed by atoms with Crippen LogP contribution in [0, 0.1) is 17.0 Å². The second kappa shape index (κ2) is 11.5. The quantitative estimate of drug-likeness (QED) is 0.254. The zero-order chi connectivity index (χ0) is 27.4. The zero-order valence-corrected chi connectivity index (χ0v) is 22.2. The lowest BCUT2D eigenvalue weighted by molar-refractivity contribution is -0.384. The molecule has 0 bridgehead atoms. The zero-order valence-electron chi connectivity index (χ0n) is 21.4. The molecule has 0 aromatic heterocycles. The van der Waals surface area contributed by atoms with E-state index in [1.165, 1.54) is 23.9 Å². The molecule has 0 N–H and O–H groups in total. The van der Waals surface area contributed by atoms with E-state index < -0.39 is 4.92 Å². The Labute approximate surface area is 230 Å². The van der Waals surface area contributed by atoms with Gasteiger partial charge >= 0.3 is 0 Å². The first-order chi connectivity index (χ1) is 18.9. The van der Waals surface area contributed by atoms with Crippen molar-refractivity contribution in [3.05, 3.63) is 106 Å². The predicted molar refractivity (Wildman–Crippen MR) is 155 cm³/mol. The fourth-order valence-corrected chi connectivity index (χ4v) is 5.35. The molecule has 5 rings (SSSR count). The summed E-state index contributed by atoms with van der Waals surface area (Å²) in [4.78, 5) is 47.0. The van der Waals surface area contributed by atoms with E-state index >= 15 is 0 Å². The van der Waals surface area contributed by atoms with E-state index in [4.69, 9.17) is 0 Å². The third-order valence-electron chi connectivity index (χ3n) is 6.61. The Morgan fingerprint density at radius 2 is 1.62 bits per heavy atom. The molecular formula is C29H27N5O4S. The Morgan fingerprint density at radius 3 is 2.26 bits per heavy atom. The van der Waals surface area contributed by atoms with E-state index in [1.54, 1.807) is 23.1 Å². The van der Waals surface area contributed by atoms with Gasteiger partial charge in [0.15, 0.2) is 5.17 Å². The standard InChI is InChI=1S/C29H27N5O4S/c1-21-7-9-22(10-8-21)19-26-28(36)33(24-5-3-2-4-6-24)29(30-26)39-20-27(35)32-17-15-31(16-18-32)23-11-13-25(14-12-23)34(37)38/h2-14,19H,15-18,20H2,1H3/b26-19-. The minimum Gasteiger partial charge on any atom is -0.368 e. The molecule has 0 radical (unpaired) electrons. The van der Waals surface area contributed by atoms with Crippen molar-refractivity contribution in [3.8, 4) is 0 Å². The molecule has 2 heterocycles. The van der Waals surface area contributed by atoms with E-state index in [1.807, 2.05) is 66.4 Å². The fraction of sp³-hybridized carbons (Fsp3) is 0.207. The number of benzene rings is 3. The summed E-state index contributed by atoms with van der Waals surface area (Å²) in [5, 5.41) is 11.4. The number of hydrogen-bond acceptors (Lipinski definition) is 7. The normalized spacial score (nSPS) is 16.5. The third-order valence-corrected chi connectivity index (χ3v) is 7.53. The monoisotopic (exact) mass is 541 g/mol. The van der Waals surface area contributed by atoms with Gasteiger partial charge in [0.2, 0.25) is 5.91 Å². The van der Waals surface area contributed by atoms with Gasteiger partial charge in [-0.3, -0.25) is 24.6 Å². The first kappa shape index (κ1) is 26.2. The van der Waals surface area contributed by atoms with Crippen molar-refractivity contribution in [2.24, 2.45) is 4.99 Å². The van der Waals surface area contributed by atoms with Crippen molar-refractivity contribution in [1.29, 1.82) is 0 Å². The molecule has 0 atom stereocenters. The highest BCUT2D eigenvalue weighted by Crippen LogP contribution is 2.30. The van der Waals surface area contributed by atoms with E-state index in [9.17, 15) is 19.7 Å². The highest BCUT2D eigenvalue weighted by atomic mass is 32.2. The van der Waals surface area contributed by atoms with E-state index in [2.05, 4.69) is 9.89 Å². The van der Waals surface area contributed by atoms with Crippen LogP contribution in [-0.2, 0) is 9.59 Å². The average Bonchev–Trinajstić information content (AvgIpc) is 3.27. The van der Waals surface area contributed by atoms with Gasteiger partial charge in [0, 0.05) is 44.0 Å². The molecule has 2 aliphatic heterocycles. The summed E-state index contributed by atoms with van der Waals surface area (Å²) < 4.78 is 0. The van der Waals surface area contributed by atoms with Gasteiger partial charge in [0.1, 0.15) is 5.70 Å². The molecule has 3 aromatic rings. The molecule has 0 spiro atoms. The fourth-order valence-electron chi connectivity index (χ4n) is 4.44. The summed E-state index contributed by atoms with van der Waals surface area (Å²) in [6.07, 6.45) is 1.77. The van der Waals surface area contributed by atoms with Gasteiger partial charge in [-0.1, -0.05) is 59.8 Å². The van der Waals surface area contributed by atoms with Crippen molar-refractivity contribution in [2.75, 3.05) is 41.7 Å². The first-order valence-electron chi connectivity index (χ1n) is 12.6. The number of carbonyl (C=O) groups excluding carboxylic acids is 2. The first-order valence-corrected chi connectivity index (χ1v) is 13.5. The van der Waals surface area contributed by atoms with Gasteiger partial charge in [-0.2, -0.15) is 0 Å². The Balaban J connectivity index is 1.25. The maximum absolute atomic E-state index is 13.4. The van der Waals surface area contributed by atoms with Gasteiger partial charge in [-0.05, 0) is 42.8 Å². The average molecular weight is 542 g/mol. The number of amidine groups is 1. The van der Waals surface area contributed by atoms with Crippen LogP contribution in [0.2, 0.25) is 0 Å². The van der Waals surface area contributed by atoms with Crippen molar-refractivity contribution >= 4 is 51.9 Å². The number of carbonyl (C=O) groups is 2. The van der Waals surface area contributed by atoms with E-state index in [0.717, 1.165) is 16.8 Å². The summed E-state index contributed by atoms with van der Waals surface area (Å²) in [6.45, 7) is 4.36. The molecule has 198 valence electrons. The molecule has 1 saturated heterocycles. The number of aliphatic imine (C=N–C) groups is 1. The molecule has 1 fully saturated rings.